The molecule has 0 bridgehead atoms. The van der Waals surface area contributed by atoms with Gasteiger partial charge in [-0.25, -0.2) is 0 Å². The summed E-state index contributed by atoms with van der Waals surface area (Å²) >= 11 is 0. The van der Waals surface area contributed by atoms with E-state index >= 15 is 0 Å². The van der Waals surface area contributed by atoms with Crippen molar-refractivity contribution in [3.05, 3.63) is 60.2 Å². The highest BCUT2D eigenvalue weighted by atomic mass is 16.5. The zero-order chi connectivity index (χ0) is 28.5. The van der Waals surface area contributed by atoms with Crippen LogP contribution in [0.3, 0.4) is 0 Å². The molecule has 2 aromatic carbocycles. The SMILES string of the molecule is CC(C)CCN1CCC(C)CC1C(=O)N1CCC(N(CCC(C)C)c2ccc(OCc3ccccc3)cc2)CC1. The number of hydrogen-bond donors (Lipinski definition) is 0. The molecule has 2 atom stereocenters. The van der Waals surface area contributed by atoms with Gasteiger partial charge in [0.1, 0.15) is 12.4 Å². The molecule has 2 unspecified atom stereocenters. The summed E-state index contributed by atoms with van der Waals surface area (Å²) in [6.45, 7) is 17.0. The molecule has 0 aliphatic carbocycles. The Hall–Kier alpha value is -2.53. The summed E-state index contributed by atoms with van der Waals surface area (Å²) in [6, 6.07) is 19.5. The van der Waals surface area contributed by atoms with Crippen molar-refractivity contribution in [1.29, 1.82) is 0 Å². The van der Waals surface area contributed by atoms with Gasteiger partial charge >= 0.3 is 0 Å². The lowest BCUT2D eigenvalue weighted by atomic mass is 9.90. The lowest BCUT2D eigenvalue weighted by molar-refractivity contribution is -0.140. The van der Waals surface area contributed by atoms with E-state index in [-0.39, 0.29) is 6.04 Å². The first kappa shape index (κ1) is 30.4. The second-order valence-electron chi connectivity index (χ2n) is 13.1. The summed E-state index contributed by atoms with van der Waals surface area (Å²) in [7, 11) is 0. The molecule has 1 amide bonds. The number of carbonyl (C=O) groups excluding carboxylic acids is 1. The lowest BCUT2D eigenvalue weighted by Gasteiger charge is -2.44. The van der Waals surface area contributed by atoms with Crippen LogP contribution in [0.25, 0.3) is 0 Å². The van der Waals surface area contributed by atoms with Gasteiger partial charge in [0.25, 0.3) is 0 Å². The summed E-state index contributed by atoms with van der Waals surface area (Å²) in [5.74, 6) is 3.24. The van der Waals surface area contributed by atoms with E-state index in [4.69, 9.17) is 4.74 Å². The summed E-state index contributed by atoms with van der Waals surface area (Å²) in [5, 5.41) is 0. The van der Waals surface area contributed by atoms with Gasteiger partial charge in [0.2, 0.25) is 5.91 Å². The maximum absolute atomic E-state index is 13.8. The standard InChI is InChI=1S/C35H53N3O2/c1-27(2)15-20-36-21-17-29(5)25-34(36)35(39)37-22-18-32(19-23-37)38(24-16-28(3)4)31-11-13-33(14-12-31)40-26-30-9-7-6-8-10-30/h6-14,27-29,32,34H,15-26H2,1-5H3. The lowest BCUT2D eigenvalue weighted by Crippen LogP contribution is -2.55. The smallest absolute Gasteiger partial charge is 0.239 e. The molecule has 2 aromatic rings. The van der Waals surface area contributed by atoms with Gasteiger partial charge in [-0.05, 0) is 99.2 Å². The largest absolute Gasteiger partial charge is 0.489 e. The van der Waals surface area contributed by atoms with E-state index in [1.807, 2.05) is 18.2 Å². The summed E-state index contributed by atoms with van der Waals surface area (Å²) in [4.78, 5) is 21.0. The number of likely N-dealkylation sites (tertiary alicyclic amines) is 2. The Morgan fingerprint density at radius 3 is 2.23 bits per heavy atom. The Kier molecular flexibility index (Phi) is 11.3. The van der Waals surface area contributed by atoms with Crippen LogP contribution in [0.1, 0.15) is 78.7 Å². The van der Waals surface area contributed by atoms with E-state index in [9.17, 15) is 4.79 Å². The van der Waals surface area contributed by atoms with Crippen molar-refractivity contribution in [1.82, 2.24) is 9.80 Å². The Bertz CT molecular complexity index is 1010. The van der Waals surface area contributed by atoms with Crippen LogP contribution in [-0.2, 0) is 11.4 Å². The van der Waals surface area contributed by atoms with Crippen LogP contribution in [0.2, 0.25) is 0 Å². The van der Waals surface area contributed by atoms with Gasteiger partial charge < -0.3 is 14.5 Å². The quantitative estimate of drug-likeness (QED) is 0.280. The topological polar surface area (TPSA) is 36.0 Å². The number of anilines is 1. The maximum Gasteiger partial charge on any atom is 0.239 e. The molecule has 2 saturated heterocycles. The number of nitrogens with zero attached hydrogens (tertiary/aromatic N) is 3. The third kappa shape index (κ3) is 8.73. The summed E-state index contributed by atoms with van der Waals surface area (Å²) in [6.07, 6.45) is 6.62. The number of benzene rings is 2. The van der Waals surface area contributed by atoms with E-state index in [1.165, 1.54) is 24.1 Å². The van der Waals surface area contributed by atoms with Crippen LogP contribution in [0, 0.1) is 17.8 Å². The molecule has 220 valence electrons. The maximum atomic E-state index is 13.8. The Labute approximate surface area is 243 Å². The molecular formula is C35H53N3O2. The summed E-state index contributed by atoms with van der Waals surface area (Å²) in [5.41, 5.74) is 2.44. The molecule has 0 spiro atoms. The third-order valence-corrected chi connectivity index (χ3v) is 8.84. The molecule has 2 fully saturated rings. The van der Waals surface area contributed by atoms with Crippen LogP contribution in [0.4, 0.5) is 5.69 Å². The minimum absolute atomic E-state index is 0.0690. The molecule has 0 N–H and O–H groups in total. The average molecular weight is 548 g/mol. The van der Waals surface area contributed by atoms with Crippen molar-refractivity contribution in [2.75, 3.05) is 37.6 Å². The van der Waals surface area contributed by atoms with Crippen molar-refractivity contribution in [3.8, 4) is 5.75 Å². The molecule has 2 aliphatic rings. The predicted octanol–water partition coefficient (Wildman–Crippen LogP) is 7.26. The Balaban J connectivity index is 1.37. The molecular weight excluding hydrogens is 494 g/mol. The molecule has 4 rings (SSSR count). The second-order valence-corrected chi connectivity index (χ2v) is 13.1. The molecule has 5 nitrogen and oxygen atoms in total. The van der Waals surface area contributed by atoms with Gasteiger partial charge in [0.05, 0.1) is 6.04 Å². The molecule has 5 heteroatoms. The van der Waals surface area contributed by atoms with Gasteiger partial charge in [-0.1, -0.05) is 65.0 Å². The third-order valence-electron chi connectivity index (χ3n) is 8.84. The van der Waals surface area contributed by atoms with Crippen LogP contribution in [0.15, 0.2) is 54.6 Å². The zero-order valence-corrected chi connectivity index (χ0v) is 25.7. The van der Waals surface area contributed by atoms with Crippen molar-refractivity contribution in [3.63, 3.8) is 0 Å². The fraction of sp³-hybridized carbons (Fsp3) is 0.629. The number of ether oxygens (including phenoxy) is 1. The first-order valence-electron chi connectivity index (χ1n) is 15.9. The highest BCUT2D eigenvalue weighted by Gasteiger charge is 2.36. The molecule has 2 heterocycles. The van der Waals surface area contributed by atoms with E-state index in [1.54, 1.807) is 0 Å². The van der Waals surface area contributed by atoms with Gasteiger partial charge in [0, 0.05) is 31.4 Å². The number of rotatable bonds is 12. The van der Waals surface area contributed by atoms with Crippen molar-refractivity contribution < 1.29 is 9.53 Å². The fourth-order valence-corrected chi connectivity index (χ4v) is 6.14. The number of amides is 1. The van der Waals surface area contributed by atoms with E-state index in [2.05, 4.69) is 85.7 Å². The van der Waals surface area contributed by atoms with E-state index in [0.717, 1.165) is 64.2 Å². The molecule has 40 heavy (non-hydrogen) atoms. The van der Waals surface area contributed by atoms with Crippen LogP contribution in [-0.4, -0.2) is 60.5 Å². The normalized spacial score (nSPS) is 20.7. The van der Waals surface area contributed by atoms with E-state index in [0.29, 0.717) is 36.3 Å². The zero-order valence-electron chi connectivity index (χ0n) is 25.7. The van der Waals surface area contributed by atoms with Crippen LogP contribution >= 0.6 is 0 Å². The average Bonchev–Trinajstić information content (AvgIpc) is 2.96. The minimum Gasteiger partial charge on any atom is -0.489 e. The van der Waals surface area contributed by atoms with E-state index < -0.39 is 0 Å². The first-order chi connectivity index (χ1) is 19.3. The van der Waals surface area contributed by atoms with Crippen molar-refractivity contribution >= 4 is 11.6 Å². The summed E-state index contributed by atoms with van der Waals surface area (Å²) < 4.78 is 6.05. The monoisotopic (exact) mass is 547 g/mol. The van der Waals surface area contributed by atoms with Crippen molar-refractivity contribution in [2.45, 2.75) is 91.8 Å². The molecule has 0 saturated carbocycles. The van der Waals surface area contributed by atoms with Crippen molar-refractivity contribution in [2.24, 2.45) is 17.8 Å². The Morgan fingerprint density at radius 2 is 1.57 bits per heavy atom. The predicted molar refractivity (Wildman–Crippen MR) is 167 cm³/mol. The van der Waals surface area contributed by atoms with Gasteiger partial charge in [-0.2, -0.15) is 0 Å². The minimum atomic E-state index is 0.0690. The second kappa shape index (κ2) is 14.9. The fourth-order valence-electron chi connectivity index (χ4n) is 6.14. The molecule has 0 aromatic heterocycles. The van der Waals surface area contributed by atoms with Gasteiger partial charge in [-0.3, -0.25) is 9.69 Å². The Morgan fingerprint density at radius 1 is 0.900 bits per heavy atom. The number of carbonyl (C=O) groups is 1. The highest BCUT2D eigenvalue weighted by molar-refractivity contribution is 5.82. The first-order valence-corrected chi connectivity index (χ1v) is 15.9. The molecule has 2 aliphatic heterocycles. The van der Waals surface area contributed by atoms with Gasteiger partial charge in [0.15, 0.2) is 0 Å². The molecule has 0 radical (unpaired) electrons. The number of hydrogen-bond acceptors (Lipinski definition) is 4. The highest BCUT2D eigenvalue weighted by Crippen LogP contribution is 2.29. The van der Waals surface area contributed by atoms with Crippen LogP contribution in [0.5, 0.6) is 5.75 Å². The van der Waals surface area contributed by atoms with Gasteiger partial charge in [-0.15, -0.1) is 0 Å². The number of piperidine rings is 2. The van der Waals surface area contributed by atoms with Crippen LogP contribution < -0.4 is 9.64 Å².